The van der Waals surface area contributed by atoms with E-state index in [1.807, 2.05) is 0 Å². The van der Waals surface area contributed by atoms with Gasteiger partial charge < -0.3 is 16.8 Å². The molecule has 0 saturated carbocycles. The number of hydrazone groups is 2. The number of nitrogens with one attached hydrogen (secondary N) is 3. The lowest BCUT2D eigenvalue weighted by molar-refractivity contribution is 0.105. The highest BCUT2D eigenvalue weighted by Crippen LogP contribution is 2.32. The predicted octanol–water partition coefficient (Wildman–Crippen LogP) is 4.38. The number of nitrogens with zero attached hydrogens (tertiary/aromatic N) is 2. The lowest BCUT2D eigenvalue weighted by Crippen LogP contribution is -2.27. The molecule has 0 fully saturated rings. The van der Waals surface area contributed by atoms with E-state index in [0.29, 0.717) is 34.1 Å². The second-order valence-corrected chi connectivity index (χ2v) is 13.5. The number of hydrogen-bond acceptors (Lipinski definition) is 13. The molecule has 0 atom stereocenters. The number of fused-ring (bicyclic) bond motifs is 2. The Morgan fingerprint density at radius 3 is 1.33 bits per heavy atom. The molecule has 6 rings (SSSR count). The summed E-state index contributed by atoms with van der Waals surface area (Å²) < 4.78 is 69.0. The van der Waals surface area contributed by atoms with Crippen LogP contribution in [0, 0.1) is 0 Å². The van der Waals surface area contributed by atoms with E-state index < -0.39 is 53.0 Å². The molecule has 49 heavy (non-hydrogen) atoms. The van der Waals surface area contributed by atoms with Crippen LogP contribution in [-0.2, 0) is 20.2 Å². The van der Waals surface area contributed by atoms with Gasteiger partial charge in [0, 0.05) is 33.9 Å². The monoisotopic (exact) mass is 699 g/mol. The Hall–Kier alpha value is -6.14. The summed E-state index contributed by atoms with van der Waals surface area (Å²) in [5.41, 5.74) is 18.4. The van der Waals surface area contributed by atoms with Gasteiger partial charge in [-0.15, -0.1) is 0 Å². The molecule has 17 heteroatoms. The van der Waals surface area contributed by atoms with Crippen molar-refractivity contribution in [2.45, 2.75) is 0 Å². The summed E-state index contributed by atoms with van der Waals surface area (Å²) in [4.78, 5) is 25.2. The van der Waals surface area contributed by atoms with Crippen molar-refractivity contribution in [1.82, 2.24) is 0 Å². The van der Waals surface area contributed by atoms with Crippen LogP contribution in [0.15, 0.2) is 105 Å². The van der Waals surface area contributed by atoms with E-state index in [4.69, 9.17) is 11.5 Å². The maximum absolute atomic E-state index is 13.3. The first kappa shape index (κ1) is 32.8. The molecule has 0 aliphatic heterocycles. The van der Waals surface area contributed by atoms with E-state index in [2.05, 4.69) is 26.4 Å². The lowest BCUT2D eigenvalue weighted by atomic mass is 9.93. The van der Waals surface area contributed by atoms with Crippen LogP contribution in [-0.4, -0.2) is 48.9 Å². The number of carbonyl (C=O) groups excluding carboxylic acids is 2. The SMILES string of the molecule is Nc1cccc(N/N=C2/C(=O)c3ccc(Nc4ccc5c(c4)C=C(S(=O)(=O)O)/C(=N/Nc4cccc(N)c4)C5=O)cc3C=C2S(=O)(=O)O)c1. The number of allylic oxidation sites excluding steroid dienone is 2. The summed E-state index contributed by atoms with van der Waals surface area (Å²) in [5, 5.41) is 10.9. The average molecular weight is 700 g/mol. The van der Waals surface area contributed by atoms with Crippen LogP contribution in [0.1, 0.15) is 31.8 Å². The Labute approximate surface area is 279 Å². The van der Waals surface area contributed by atoms with Crippen LogP contribution < -0.4 is 27.6 Å². The molecule has 0 saturated heterocycles. The van der Waals surface area contributed by atoms with Crippen molar-refractivity contribution >= 4 is 89.5 Å². The normalized spacial score (nSPS) is 16.0. The van der Waals surface area contributed by atoms with Crippen LogP contribution in [0.2, 0.25) is 0 Å². The molecule has 4 aromatic rings. The molecule has 0 bridgehead atoms. The zero-order chi connectivity index (χ0) is 35.1. The molecule has 0 amide bonds. The van der Waals surface area contributed by atoms with Crippen molar-refractivity contribution in [1.29, 1.82) is 0 Å². The molecule has 0 spiro atoms. The average Bonchev–Trinajstić information content (AvgIpc) is 3.03. The second kappa shape index (κ2) is 12.5. The molecule has 2 aliphatic carbocycles. The van der Waals surface area contributed by atoms with Crippen LogP contribution >= 0.6 is 0 Å². The van der Waals surface area contributed by atoms with Gasteiger partial charge in [-0.1, -0.05) is 12.1 Å². The van der Waals surface area contributed by atoms with Crippen molar-refractivity contribution in [3.05, 3.63) is 117 Å². The third kappa shape index (κ3) is 6.94. The summed E-state index contributed by atoms with van der Waals surface area (Å²) in [6, 6.07) is 21.6. The molecular weight excluding hydrogens is 675 g/mol. The maximum Gasteiger partial charge on any atom is 0.296 e. The van der Waals surface area contributed by atoms with Crippen LogP contribution in [0.4, 0.5) is 34.1 Å². The van der Waals surface area contributed by atoms with E-state index in [1.54, 1.807) is 36.4 Å². The van der Waals surface area contributed by atoms with Gasteiger partial charge in [0.15, 0.2) is 11.4 Å². The largest absolute Gasteiger partial charge is 0.399 e. The fourth-order valence-corrected chi connectivity index (χ4v) is 6.38. The van der Waals surface area contributed by atoms with E-state index in [9.17, 15) is 35.5 Å². The third-order valence-corrected chi connectivity index (χ3v) is 9.01. The molecule has 0 aromatic heterocycles. The van der Waals surface area contributed by atoms with Gasteiger partial charge in [0.1, 0.15) is 9.81 Å². The number of hydrogen-bond donors (Lipinski definition) is 7. The summed E-state index contributed by atoms with van der Waals surface area (Å²) in [6.07, 6.45) is 2.20. The van der Waals surface area contributed by atoms with Crippen molar-refractivity contribution in [3.63, 3.8) is 0 Å². The number of rotatable bonds is 8. The minimum atomic E-state index is -4.90. The van der Waals surface area contributed by atoms with E-state index >= 15 is 0 Å². The Morgan fingerprint density at radius 2 is 0.959 bits per heavy atom. The van der Waals surface area contributed by atoms with Crippen LogP contribution in [0.3, 0.4) is 0 Å². The zero-order valence-corrected chi connectivity index (χ0v) is 26.6. The van der Waals surface area contributed by atoms with Gasteiger partial charge in [0.25, 0.3) is 20.2 Å². The number of benzene rings is 4. The van der Waals surface area contributed by atoms with Crippen molar-refractivity contribution in [2.75, 3.05) is 27.6 Å². The van der Waals surface area contributed by atoms with Gasteiger partial charge in [0.05, 0.1) is 11.4 Å². The molecule has 0 heterocycles. The van der Waals surface area contributed by atoms with Gasteiger partial charge in [-0.3, -0.25) is 29.5 Å². The minimum absolute atomic E-state index is 0.0986. The first-order valence-electron chi connectivity index (χ1n) is 14.1. The standard InChI is InChI=1S/C32H25N7O8S2/c33-19-3-1-5-23(15-19)36-38-29-27(48(42,43)44)13-17-11-21(7-9-25(17)31(29)40)35-22-8-10-26-18(12-22)14-28(49(45,46)47)30(32(26)41)39-37-24-6-2-4-20(34)16-24/h1-16,35-37H,33-34H2,(H,42,43,44)(H,45,46,47)/b38-29-,39-30+. The minimum Gasteiger partial charge on any atom is -0.399 e. The number of carbonyl (C=O) groups is 2. The Balaban J connectivity index is 1.31. The van der Waals surface area contributed by atoms with Gasteiger partial charge in [0.2, 0.25) is 11.6 Å². The van der Waals surface area contributed by atoms with Gasteiger partial charge in [-0.05, 0) is 96.1 Å². The fourth-order valence-electron chi connectivity index (χ4n) is 5.06. The highest BCUT2D eigenvalue weighted by molar-refractivity contribution is 7.91. The third-order valence-electron chi connectivity index (χ3n) is 7.27. The molecule has 248 valence electrons. The van der Waals surface area contributed by atoms with Crippen molar-refractivity contribution in [2.24, 2.45) is 10.2 Å². The lowest BCUT2D eigenvalue weighted by Gasteiger charge is -2.19. The Morgan fingerprint density at radius 1 is 0.551 bits per heavy atom. The molecule has 15 nitrogen and oxygen atoms in total. The zero-order valence-electron chi connectivity index (χ0n) is 24.9. The van der Waals surface area contributed by atoms with Crippen LogP contribution in [0.5, 0.6) is 0 Å². The van der Waals surface area contributed by atoms with E-state index in [1.165, 1.54) is 48.5 Å². The van der Waals surface area contributed by atoms with E-state index in [-0.39, 0.29) is 22.3 Å². The van der Waals surface area contributed by atoms with E-state index in [0.717, 1.165) is 12.2 Å². The van der Waals surface area contributed by atoms with Gasteiger partial charge in [-0.2, -0.15) is 27.0 Å². The van der Waals surface area contributed by atoms with Crippen molar-refractivity contribution in [3.8, 4) is 0 Å². The number of Topliss-reactive ketones (excluding diaryl/α,β-unsaturated/α-hetero) is 2. The first-order chi connectivity index (χ1) is 23.2. The number of ketones is 2. The summed E-state index contributed by atoms with van der Waals surface area (Å²) in [7, 11) is -9.80. The number of anilines is 6. The number of nitrogen functional groups attached to an aromatic ring is 2. The summed E-state index contributed by atoms with van der Waals surface area (Å²) in [5.74, 6) is -1.54. The molecule has 4 aromatic carbocycles. The highest BCUT2D eigenvalue weighted by atomic mass is 32.2. The maximum atomic E-state index is 13.3. The number of nitrogens with two attached hydrogens (primary N) is 2. The second-order valence-electron chi connectivity index (χ2n) is 10.7. The summed E-state index contributed by atoms with van der Waals surface area (Å²) >= 11 is 0. The summed E-state index contributed by atoms with van der Waals surface area (Å²) in [6.45, 7) is 0. The fraction of sp³-hybridized carbons (Fsp3) is 0. The molecule has 9 N–H and O–H groups in total. The van der Waals surface area contributed by atoms with Crippen LogP contribution in [0.25, 0.3) is 12.2 Å². The topological polar surface area (TPSA) is 256 Å². The molecular formula is C32H25N7O8S2. The Bertz CT molecular complexity index is 2270. The first-order valence-corrected chi connectivity index (χ1v) is 17.0. The molecule has 0 radical (unpaired) electrons. The smallest absolute Gasteiger partial charge is 0.296 e. The predicted molar refractivity (Wildman–Crippen MR) is 188 cm³/mol. The molecule has 2 aliphatic rings. The quantitative estimate of drug-likeness (QED) is 0.0766. The van der Waals surface area contributed by atoms with Crippen molar-refractivity contribution < 1.29 is 35.5 Å². The van der Waals surface area contributed by atoms with Gasteiger partial charge >= 0.3 is 0 Å². The van der Waals surface area contributed by atoms with Gasteiger partial charge in [-0.25, -0.2) is 0 Å². The highest BCUT2D eigenvalue weighted by Gasteiger charge is 2.34. The Kier molecular flexibility index (Phi) is 8.34. The molecule has 0 unspecified atom stereocenters.